The minimum Gasteiger partial charge on any atom is -0.455 e. The van der Waals surface area contributed by atoms with Crippen LogP contribution in [0.25, 0.3) is 104 Å². The molecule has 0 radical (unpaired) electrons. The maximum absolute atomic E-state index is 6.65. The zero-order valence-electron chi connectivity index (χ0n) is 29.4. The van der Waals surface area contributed by atoms with Crippen molar-refractivity contribution in [3.05, 3.63) is 175 Å². The lowest BCUT2D eigenvalue weighted by molar-refractivity contribution is 0.653. The number of benzene rings is 9. The van der Waals surface area contributed by atoms with Gasteiger partial charge in [-0.3, -0.25) is 0 Å². The summed E-state index contributed by atoms with van der Waals surface area (Å²) in [4.78, 5) is 0. The van der Waals surface area contributed by atoms with Crippen molar-refractivity contribution < 1.29 is 4.42 Å². The molecule has 1 aliphatic carbocycles. The molecule has 0 unspecified atom stereocenters. The molecule has 0 atom stereocenters. The Hall–Kier alpha value is -6.64. The van der Waals surface area contributed by atoms with E-state index in [1.165, 1.54) is 98.3 Å². The Bertz CT molecular complexity index is 3320. The lowest BCUT2D eigenvalue weighted by Crippen LogP contribution is -2.14. The second kappa shape index (κ2) is 10.2. The molecule has 1 aliphatic rings. The number of rotatable bonds is 2. The number of para-hydroxylation sites is 2. The van der Waals surface area contributed by atoms with E-state index in [9.17, 15) is 0 Å². The highest BCUT2D eigenvalue weighted by Crippen LogP contribution is 2.54. The van der Waals surface area contributed by atoms with E-state index in [4.69, 9.17) is 4.42 Å². The van der Waals surface area contributed by atoms with Gasteiger partial charge in [0.05, 0.1) is 11.0 Å². The van der Waals surface area contributed by atoms with Crippen LogP contribution in [0, 0.1) is 0 Å². The highest BCUT2D eigenvalue weighted by Gasteiger charge is 2.38. The van der Waals surface area contributed by atoms with Crippen LogP contribution in [0.15, 0.2) is 168 Å². The van der Waals surface area contributed by atoms with Gasteiger partial charge in [0.2, 0.25) is 0 Å². The SMILES string of the molecule is CC1(C)c2cc3c4ccccc4n(-c4ccc(-c5ccc6c7ccccc7c7ccccc7c6c5)cc4)c3cc2-c2c1ccc1c2oc2ccccc21. The van der Waals surface area contributed by atoms with Crippen molar-refractivity contribution in [3.8, 4) is 27.9 Å². The lowest BCUT2D eigenvalue weighted by atomic mass is 9.82. The molecular formula is C51H33NO. The average molecular weight is 676 g/mol. The highest BCUT2D eigenvalue weighted by atomic mass is 16.3. The van der Waals surface area contributed by atoms with Gasteiger partial charge in [-0.1, -0.05) is 135 Å². The molecule has 9 aromatic carbocycles. The molecule has 2 aromatic heterocycles. The Morgan fingerprint density at radius 1 is 0.415 bits per heavy atom. The van der Waals surface area contributed by atoms with Crippen molar-refractivity contribution in [1.29, 1.82) is 0 Å². The summed E-state index contributed by atoms with van der Waals surface area (Å²) < 4.78 is 9.09. The molecule has 12 rings (SSSR count). The predicted octanol–water partition coefficient (Wildman–Crippen LogP) is 14.1. The van der Waals surface area contributed by atoms with Gasteiger partial charge < -0.3 is 8.98 Å². The van der Waals surface area contributed by atoms with E-state index in [0.29, 0.717) is 0 Å². The molecule has 2 nitrogen and oxygen atoms in total. The second-order valence-corrected chi connectivity index (χ2v) is 15.3. The van der Waals surface area contributed by atoms with Crippen molar-refractivity contribution >= 4 is 76.1 Å². The van der Waals surface area contributed by atoms with Gasteiger partial charge in [-0.15, -0.1) is 0 Å². The standard InChI is InChI=1S/C51H33NO/c1-51(2)44-26-25-40-39-16-8-10-18-48(39)53-50(40)49(44)43-29-47-42(28-45(43)51)38-15-7-9-17-46(38)52(47)32-22-19-30(20-23-32)31-21-24-37-35-13-4-3-11-33(35)34-12-5-6-14-36(34)41(37)27-31/h3-29H,1-2H3. The van der Waals surface area contributed by atoms with Crippen LogP contribution in [0.5, 0.6) is 0 Å². The Labute approximate surface area is 306 Å². The molecule has 248 valence electrons. The van der Waals surface area contributed by atoms with Crippen LogP contribution in [0.1, 0.15) is 25.0 Å². The summed E-state index contributed by atoms with van der Waals surface area (Å²) in [6.07, 6.45) is 0. The van der Waals surface area contributed by atoms with Crippen molar-refractivity contribution in [2.75, 3.05) is 0 Å². The molecule has 2 heteroatoms. The lowest BCUT2D eigenvalue weighted by Gasteiger charge is -2.21. The number of hydrogen-bond acceptors (Lipinski definition) is 1. The summed E-state index contributed by atoms with van der Waals surface area (Å²) >= 11 is 0. The third kappa shape index (κ3) is 3.82. The molecule has 0 bridgehead atoms. The van der Waals surface area contributed by atoms with E-state index < -0.39 is 0 Å². The highest BCUT2D eigenvalue weighted by molar-refractivity contribution is 6.26. The van der Waals surface area contributed by atoms with E-state index in [0.717, 1.165) is 16.9 Å². The first-order valence-electron chi connectivity index (χ1n) is 18.5. The molecule has 0 fully saturated rings. The first-order valence-corrected chi connectivity index (χ1v) is 18.5. The number of aromatic nitrogens is 1. The van der Waals surface area contributed by atoms with Crippen molar-refractivity contribution in [3.63, 3.8) is 0 Å². The van der Waals surface area contributed by atoms with Gasteiger partial charge in [0, 0.05) is 38.2 Å². The summed E-state index contributed by atoms with van der Waals surface area (Å²) in [5.41, 5.74) is 12.9. The van der Waals surface area contributed by atoms with E-state index in [-0.39, 0.29) is 5.41 Å². The van der Waals surface area contributed by atoms with E-state index in [2.05, 4.69) is 182 Å². The molecule has 0 spiro atoms. The molecule has 11 aromatic rings. The topological polar surface area (TPSA) is 18.1 Å². The molecule has 0 amide bonds. The molecule has 53 heavy (non-hydrogen) atoms. The normalized spacial score (nSPS) is 13.6. The fourth-order valence-electron chi connectivity index (χ4n) is 9.63. The first-order chi connectivity index (χ1) is 26.0. The second-order valence-electron chi connectivity index (χ2n) is 15.3. The number of furan rings is 1. The largest absolute Gasteiger partial charge is 0.455 e. The number of fused-ring (bicyclic) bond motifs is 16. The summed E-state index contributed by atoms with van der Waals surface area (Å²) in [7, 11) is 0. The maximum atomic E-state index is 6.65. The van der Waals surface area contributed by atoms with Crippen LogP contribution < -0.4 is 0 Å². The van der Waals surface area contributed by atoms with Gasteiger partial charge in [-0.05, 0) is 103 Å². The van der Waals surface area contributed by atoms with Crippen LogP contribution in [0.4, 0.5) is 0 Å². The minimum atomic E-state index is -0.158. The van der Waals surface area contributed by atoms with Crippen LogP contribution in [0.2, 0.25) is 0 Å². The quantitative estimate of drug-likeness (QED) is 0.167. The maximum Gasteiger partial charge on any atom is 0.143 e. The zero-order valence-corrected chi connectivity index (χ0v) is 29.4. The molecule has 0 saturated heterocycles. The van der Waals surface area contributed by atoms with Crippen molar-refractivity contribution in [2.24, 2.45) is 0 Å². The van der Waals surface area contributed by atoms with E-state index in [1.54, 1.807) is 0 Å². The smallest absolute Gasteiger partial charge is 0.143 e. The minimum absolute atomic E-state index is 0.158. The van der Waals surface area contributed by atoms with Gasteiger partial charge in [0.1, 0.15) is 11.2 Å². The molecular weight excluding hydrogens is 643 g/mol. The third-order valence-electron chi connectivity index (χ3n) is 12.2. The Morgan fingerprint density at radius 2 is 1.00 bits per heavy atom. The van der Waals surface area contributed by atoms with Gasteiger partial charge >= 0.3 is 0 Å². The third-order valence-corrected chi connectivity index (χ3v) is 12.2. The van der Waals surface area contributed by atoms with Crippen LogP contribution in [0.3, 0.4) is 0 Å². The monoisotopic (exact) mass is 675 g/mol. The molecule has 2 heterocycles. The Kier molecular flexibility index (Phi) is 5.60. The fourth-order valence-corrected chi connectivity index (χ4v) is 9.63. The van der Waals surface area contributed by atoms with Crippen LogP contribution >= 0.6 is 0 Å². The van der Waals surface area contributed by atoms with Gasteiger partial charge in [0.15, 0.2) is 0 Å². The van der Waals surface area contributed by atoms with Crippen LogP contribution in [-0.4, -0.2) is 4.57 Å². The van der Waals surface area contributed by atoms with Gasteiger partial charge in [-0.25, -0.2) is 0 Å². The Morgan fingerprint density at radius 3 is 1.74 bits per heavy atom. The van der Waals surface area contributed by atoms with Crippen molar-refractivity contribution in [1.82, 2.24) is 4.57 Å². The number of hydrogen-bond donors (Lipinski definition) is 0. The average Bonchev–Trinajstić information content (AvgIpc) is 3.82. The van der Waals surface area contributed by atoms with Gasteiger partial charge in [0.25, 0.3) is 0 Å². The summed E-state index contributed by atoms with van der Waals surface area (Å²) in [6.45, 7) is 4.71. The number of nitrogens with zero attached hydrogens (tertiary/aromatic N) is 1. The summed E-state index contributed by atoms with van der Waals surface area (Å²) in [6, 6.07) is 60.4. The molecule has 0 saturated carbocycles. The summed E-state index contributed by atoms with van der Waals surface area (Å²) in [5.74, 6) is 0. The van der Waals surface area contributed by atoms with E-state index in [1.807, 2.05) is 0 Å². The van der Waals surface area contributed by atoms with Crippen molar-refractivity contribution in [2.45, 2.75) is 19.3 Å². The predicted molar refractivity (Wildman–Crippen MR) is 224 cm³/mol. The Balaban J connectivity index is 1.05. The van der Waals surface area contributed by atoms with E-state index >= 15 is 0 Å². The van der Waals surface area contributed by atoms with Crippen LogP contribution in [-0.2, 0) is 5.41 Å². The molecule has 0 aliphatic heterocycles. The van der Waals surface area contributed by atoms with Gasteiger partial charge in [-0.2, -0.15) is 0 Å². The summed E-state index contributed by atoms with van der Waals surface area (Å²) in [5, 5.41) is 12.7. The first kappa shape index (κ1) is 29.0. The fraction of sp³-hybridized carbons (Fsp3) is 0.0588. The molecule has 0 N–H and O–H groups in total. The zero-order chi connectivity index (χ0) is 35.0.